The lowest BCUT2D eigenvalue weighted by molar-refractivity contribution is -0.136. The highest BCUT2D eigenvalue weighted by Gasteiger charge is 2.40. The van der Waals surface area contributed by atoms with Crippen molar-refractivity contribution in [3.05, 3.63) is 29.8 Å². The van der Waals surface area contributed by atoms with Gasteiger partial charge in [0.1, 0.15) is 0 Å². The van der Waals surface area contributed by atoms with E-state index in [9.17, 15) is 9.90 Å². The van der Waals surface area contributed by atoms with Gasteiger partial charge in [0.25, 0.3) is 0 Å². The molecule has 1 aliphatic heterocycles. The second kappa shape index (κ2) is 4.53. The molecule has 1 aliphatic rings. The van der Waals surface area contributed by atoms with Crippen LogP contribution in [-0.2, 0) is 10.2 Å². The van der Waals surface area contributed by atoms with Gasteiger partial charge in [-0.3, -0.25) is 4.79 Å². The summed E-state index contributed by atoms with van der Waals surface area (Å²) in [6, 6.07) is 7.40. The van der Waals surface area contributed by atoms with Gasteiger partial charge in [0.05, 0.1) is 11.0 Å². The van der Waals surface area contributed by atoms with Crippen molar-refractivity contribution in [3.63, 3.8) is 0 Å². The maximum atomic E-state index is 12.6. The third kappa shape index (κ3) is 2.73. The fourth-order valence-electron chi connectivity index (χ4n) is 2.54. The zero-order chi connectivity index (χ0) is 14.3. The van der Waals surface area contributed by atoms with Crippen molar-refractivity contribution in [1.82, 2.24) is 4.90 Å². The van der Waals surface area contributed by atoms with Crippen LogP contribution in [0.1, 0.15) is 32.8 Å². The summed E-state index contributed by atoms with van der Waals surface area (Å²) in [6.07, 6.45) is 0.635. The third-order valence-electron chi connectivity index (χ3n) is 3.91. The van der Waals surface area contributed by atoms with Crippen molar-refractivity contribution in [2.45, 2.75) is 38.2 Å². The second-order valence-corrected chi connectivity index (χ2v) is 6.22. The summed E-state index contributed by atoms with van der Waals surface area (Å²) in [7, 11) is 0. The number of nitrogens with two attached hydrogens (primary N) is 1. The van der Waals surface area contributed by atoms with E-state index in [0.717, 1.165) is 5.56 Å². The summed E-state index contributed by atoms with van der Waals surface area (Å²) < 4.78 is 0. The van der Waals surface area contributed by atoms with Crippen LogP contribution in [-0.4, -0.2) is 34.6 Å². The van der Waals surface area contributed by atoms with E-state index >= 15 is 0 Å². The molecule has 19 heavy (non-hydrogen) atoms. The molecule has 1 atom stereocenters. The number of anilines is 1. The predicted octanol–water partition coefficient (Wildman–Crippen LogP) is 1.53. The smallest absolute Gasteiger partial charge is 0.232 e. The van der Waals surface area contributed by atoms with Crippen LogP contribution in [0.2, 0.25) is 0 Å². The van der Waals surface area contributed by atoms with Gasteiger partial charge in [0, 0.05) is 18.8 Å². The Hall–Kier alpha value is -1.55. The monoisotopic (exact) mass is 262 g/mol. The van der Waals surface area contributed by atoms with Gasteiger partial charge >= 0.3 is 0 Å². The summed E-state index contributed by atoms with van der Waals surface area (Å²) in [6.45, 7) is 6.62. The fraction of sp³-hybridized carbons (Fsp3) is 0.533. The number of carbonyl (C=O) groups is 1. The number of β-amino-alcohol motifs (C(OH)–C–C–N with tert-alkyl or cyclic N) is 1. The average Bonchev–Trinajstić information content (AvgIpc) is 2.69. The molecule has 0 spiro atoms. The Labute approximate surface area is 114 Å². The second-order valence-electron chi connectivity index (χ2n) is 6.22. The van der Waals surface area contributed by atoms with Crippen LogP contribution in [0.4, 0.5) is 5.69 Å². The van der Waals surface area contributed by atoms with E-state index in [-0.39, 0.29) is 5.91 Å². The molecule has 1 fully saturated rings. The number of carbonyl (C=O) groups excluding carboxylic acids is 1. The van der Waals surface area contributed by atoms with E-state index in [2.05, 4.69) is 0 Å². The molecular weight excluding hydrogens is 240 g/mol. The van der Waals surface area contributed by atoms with Gasteiger partial charge < -0.3 is 15.7 Å². The van der Waals surface area contributed by atoms with Gasteiger partial charge in [-0.05, 0) is 44.9 Å². The van der Waals surface area contributed by atoms with E-state index in [4.69, 9.17) is 5.73 Å². The van der Waals surface area contributed by atoms with Gasteiger partial charge in [-0.25, -0.2) is 0 Å². The molecule has 2 rings (SSSR count). The molecule has 1 aromatic rings. The van der Waals surface area contributed by atoms with E-state index in [1.165, 1.54) is 0 Å². The first-order valence-corrected chi connectivity index (χ1v) is 6.60. The van der Waals surface area contributed by atoms with Crippen LogP contribution in [0.25, 0.3) is 0 Å². The molecule has 104 valence electrons. The Balaban J connectivity index is 2.20. The summed E-state index contributed by atoms with van der Waals surface area (Å²) in [5.74, 6) is 0.0510. The number of amides is 1. The normalized spacial score (nSPS) is 23.7. The highest BCUT2D eigenvalue weighted by Crippen LogP contribution is 2.30. The number of hydrogen-bond donors (Lipinski definition) is 2. The van der Waals surface area contributed by atoms with Crippen LogP contribution in [0.5, 0.6) is 0 Å². The molecule has 1 heterocycles. The number of aliphatic hydroxyl groups is 1. The van der Waals surface area contributed by atoms with E-state index in [1.807, 2.05) is 38.1 Å². The maximum absolute atomic E-state index is 12.6. The molecule has 0 radical (unpaired) electrons. The minimum absolute atomic E-state index is 0.0510. The molecule has 0 aromatic heterocycles. The van der Waals surface area contributed by atoms with Gasteiger partial charge in [-0.2, -0.15) is 0 Å². The standard InChI is InChI=1S/C15H22N2O2/c1-14(2,11-4-6-12(16)7-5-11)13(18)17-9-8-15(3,19)10-17/h4-7,19H,8-10,16H2,1-3H3. The minimum atomic E-state index is -0.757. The fourth-order valence-corrected chi connectivity index (χ4v) is 2.54. The molecule has 4 heteroatoms. The van der Waals surface area contributed by atoms with Crippen LogP contribution < -0.4 is 5.73 Å². The SMILES string of the molecule is CC1(O)CCN(C(=O)C(C)(C)c2ccc(N)cc2)C1. The Bertz CT molecular complexity index is 477. The highest BCUT2D eigenvalue weighted by atomic mass is 16.3. The molecule has 1 aromatic carbocycles. The summed E-state index contributed by atoms with van der Waals surface area (Å²) in [4.78, 5) is 14.4. The van der Waals surface area contributed by atoms with Crippen molar-refractivity contribution < 1.29 is 9.90 Å². The number of rotatable bonds is 2. The Morgan fingerprint density at radius 1 is 1.37 bits per heavy atom. The van der Waals surface area contributed by atoms with Gasteiger partial charge in [-0.15, -0.1) is 0 Å². The zero-order valence-electron chi connectivity index (χ0n) is 11.8. The lowest BCUT2D eigenvalue weighted by Crippen LogP contribution is -2.43. The van der Waals surface area contributed by atoms with Crippen LogP contribution in [0, 0.1) is 0 Å². The third-order valence-corrected chi connectivity index (χ3v) is 3.91. The van der Waals surface area contributed by atoms with Crippen molar-refractivity contribution >= 4 is 11.6 Å². The topological polar surface area (TPSA) is 66.6 Å². The first kappa shape index (κ1) is 13.9. The quantitative estimate of drug-likeness (QED) is 0.794. The van der Waals surface area contributed by atoms with Crippen molar-refractivity contribution in [2.24, 2.45) is 0 Å². The Kier molecular flexibility index (Phi) is 3.31. The largest absolute Gasteiger partial charge is 0.399 e. The molecule has 0 saturated carbocycles. The zero-order valence-corrected chi connectivity index (χ0v) is 11.8. The molecule has 1 saturated heterocycles. The Morgan fingerprint density at radius 2 is 1.95 bits per heavy atom. The Morgan fingerprint density at radius 3 is 2.42 bits per heavy atom. The lowest BCUT2D eigenvalue weighted by Gasteiger charge is -2.30. The van der Waals surface area contributed by atoms with Crippen molar-refractivity contribution in [1.29, 1.82) is 0 Å². The van der Waals surface area contributed by atoms with E-state index in [0.29, 0.717) is 25.2 Å². The van der Waals surface area contributed by atoms with Crippen molar-refractivity contribution in [3.8, 4) is 0 Å². The first-order valence-electron chi connectivity index (χ1n) is 6.60. The summed E-state index contributed by atoms with van der Waals surface area (Å²) in [5, 5.41) is 9.98. The summed E-state index contributed by atoms with van der Waals surface area (Å²) in [5.41, 5.74) is 5.95. The molecule has 3 N–H and O–H groups in total. The van der Waals surface area contributed by atoms with Gasteiger partial charge in [-0.1, -0.05) is 12.1 Å². The minimum Gasteiger partial charge on any atom is -0.399 e. The van der Waals surface area contributed by atoms with Crippen LogP contribution >= 0.6 is 0 Å². The molecule has 0 bridgehead atoms. The summed E-state index contributed by atoms with van der Waals surface area (Å²) >= 11 is 0. The van der Waals surface area contributed by atoms with Crippen molar-refractivity contribution in [2.75, 3.05) is 18.8 Å². The number of likely N-dealkylation sites (tertiary alicyclic amines) is 1. The first-order chi connectivity index (χ1) is 8.72. The predicted molar refractivity (Wildman–Crippen MR) is 75.7 cm³/mol. The van der Waals surface area contributed by atoms with Crippen LogP contribution in [0.15, 0.2) is 24.3 Å². The van der Waals surface area contributed by atoms with E-state index in [1.54, 1.807) is 11.8 Å². The number of nitrogen functional groups attached to an aromatic ring is 1. The molecule has 0 aliphatic carbocycles. The molecule has 1 amide bonds. The lowest BCUT2D eigenvalue weighted by atomic mass is 9.83. The highest BCUT2D eigenvalue weighted by molar-refractivity contribution is 5.87. The van der Waals surface area contributed by atoms with E-state index < -0.39 is 11.0 Å². The number of hydrogen-bond acceptors (Lipinski definition) is 3. The molecule has 1 unspecified atom stereocenters. The maximum Gasteiger partial charge on any atom is 0.232 e. The molecule has 4 nitrogen and oxygen atoms in total. The number of nitrogens with zero attached hydrogens (tertiary/aromatic N) is 1. The van der Waals surface area contributed by atoms with Crippen LogP contribution in [0.3, 0.4) is 0 Å². The molecular formula is C15H22N2O2. The van der Waals surface area contributed by atoms with Gasteiger partial charge in [0.15, 0.2) is 0 Å². The number of benzene rings is 1. The van der Waals surface area contributed by atoms with Gasteiger partial charge in [0.2, 0.25) is 5.91 Å². The average molecular weight is 262 g/mol.